The lowest BCUT2D eigenvalue weighted by molar-refractivity contribution is -0.142. The number of aromatic carboxylic acids is 1. The number of hydrogen-bond acceptors (Lipinski definition) is 2. The first kappa shape index (κ1) is 12.0. The van der Waals surface area contributed by atoms with Gasteiger partial charge in [-0.3, -0.25) is 0 Å². The predicted molar refractivity (Wildman–Crippen MR) is 59.1 cm³/mol. The highest BCUT2D eigenvalue weighted by atomic mass is 19.4. The van der Waals surface area contributed by atoms with Gasteiger partial charge < -0.3 is 5.11 Å². The van der Waals surface area contributed by atoms with E-state index in [1.165, 1.54) is 0 Å². The number of carboxylic acids is 1. The number of halogens is 3. The van der Waals surface area contributed by atoms with Crippen LogP contribution in [0.2, 0.25) is 0 Å². The van der Waals surface area contributed by atoms with Crippen LogP contribution in [-0.4, -0.2) is 20.7 Å². The maximum atomic E-state index is 13.0. The van der Waals surface area contributed by atoms with Crippen LogP contribution in [-0.2, 0) is 6.18 Å². The molecule has 3 rings (SSSR count). The molecule has 1 aliphatic rings. The van der Waals surface area contributed by atoms with Crippen LogP contribution in [0.4, 0.5) is 13.2 Å². The van der Waals surface area contributed by atoms with Gasteiger partial charge in [-0.1, -0.05) is 0 Å². The SMILES string of the molecule is O=C(O)c1cc2cc(C3CC3)cc(C(F)(F)F)n2n1. The molecule has 0 bridgehead atoms. The number of rotatable bonds is 2. The summed E-state index contributed by atoms with van der Waals surface area (Å²) in [5.41, 5.74) is -0.566. The lowest BCUT2D eigenvalue weighted by atomic mass is 10.1. The number of pyridine rings is 1. The lowest BCUT2D eigenvalue weighted by Crippen LogP contribution is -2.13. The molecular formula is C12H9F3N2O2. The monoisotopic (exact) mass is 270 g/mol. The van der Waals surface area contributed by atoms with Gasteiger partial charge >= 0.3 is 12.1 Å². The first-order valence-corrected chi connectivity index (χ1v) is 5.70. The third-order valence-electron chi connectivity index (χ3n) is 3.14. The third kappa shape index (κ3) is 2.05. The average Bonchev–Trinajstić information content (AvgIpc) is 3.05. The van der Waals surface area contributed by atoms with Crippen LogP contribution >= 0.6 is 0 Å². The zero-order valence-corrected chi connectivity index (χ0v) is 9.61. The topological polar surface area (TPSA) is 54.6 Å². The quantitative estimate of drug-likeness (QED) is 0.912. The van der Waals surface area contributed by atoms with Gasteiger partial charge in [0.25, 0.3) is 0 Å². The molecule has 4 nitrogen and oxygen atoms in total. The fourth-order valence-electron chi connectivity index (χ4n) is 2.08. The molecule has 2 heterocycles. The highest BCUT2D eigenvalue weighted by molar-refractivity contribution is 5.87. The first-order chi connectivity index (χ1) is 8.86. The Kier molecular flexibility index (Phi) is 2.35. The van der Waals surface area contributed by atoms with Crippen molar-refractivity contribution in [3.05, 3.63) is 35.2 Å². The number of hydrogen-bond donors (Lipinski definition) is 1. The van der Waals surface area contributed by atoms with Crippen molar-refractivity contribution >= 4 is 11.5 Å². The maximum absolute atomic E-state index is 13.0. The van der Waals surface area contributed by atoms with E-state index >= 15 is 0 Å². The fraction of sp³-hybridized carbons (Fsp3) is 0.333. The molecule has 0 aromatic carbocycles. The van der Waals surface area contributed by atoms with Crippen LogP contribution in [0.15, 0.2) is 18.2 Å². The smallest absolute Gasteiger partial charge is 0.433 e. The lowest BCUT2D eigenvalue weighted by Gasteiger charge is -2.11. The van der Waals surface area contributed by atoms with Crippen LogP contribution in [0.3, 0.4) is 0 Å². The van der Waals surface area contributed by atoms with Crippen LogP contribution in [0.1, 0.15) is 40.5 Å². The van der Waals surface area contributed by atoms with Gasteiger partial charge in [-0.2, -0.15) is 18.3 Å². The van der Waals surface area contributed by atoms with E-state index in [0.29, 0.717) is 10.1 Å². The Morgan fingerprint density at radius 2 is 2.00 bits per heavy atom. The molecule has 19 heavy (non-hydrogen) atoms. The van der Waals surface area contributed by atoms with Crippen molar-refractivity contribution in [2.45, 2.75) is 24.9 Å². The number of carboxylic acid groups (broad SMARTS) is 1. The van der Waals surface area contributed by atoms with Crippen molar-refractivity contribution in [1.29, 1.82) is 0 Å². The van der Waals surface area contributed by atoms with Crippen LogP contribution in [0.25, 0.3) is 5.52 Å². The summed E-state index contributed by atoms with van der Waals surface area (Å²) in [7, 11) is 0. The summed E-state index contributed by atoms with van der Waals surface area (Å²) >= 11 is 0. The zero-order chi connectivity index (χ0) is 13.8. The molecule has 0 radical (unpaired) electrons. The summed E-state index contributed by atoms with van der Waals surface area (Å²) in [5, 5.41) is 12.3. The predicted octanol–water partition coefficient (Wildman–Crippen LogP) is 2.93. The molecule has 0 spiro atoms. The summed E-state index contributed by atoms with van der Waals surface area (Å²) in [4.78, 5) is 10.8. The Morgan fingerprint density at radius 3 is 2.53 bits per heavy atom. The van der Waals surface area contributed by atoms with E-state index in [1.54, 1.807) is 6.07 Å². The standard InChI is InChI=1S/C12H9F3N2O2/c13-12(14,15)10-4-7(6-1-2-6)3-8-5-9(11(18)19)16-17(8)10/h3-6H,1-2H2,(H,18,19). The van der Waals surface area contributed by atoms with Gasteiger partial charge in [0, 0.05) is 0 Å². The van der Waals surface area contributed by atoms with Gasteiger partial charge in [0.1, 0.15) is 5.69 Å². The van der Waals surface area contributed by atoms with Gasteiger partial charge in [0.2, 0.25) is 0 Å². The second kappa shape index (κ2) is 3.72. The Balaban J connectivity index is 2.27. The third-order valence-corrected chi connectivity index (χ3v) is 3.14. The normalized spacial score (nSPS) is 15.9. The number of fused-ring (bicyclic) bond motifs is 1. The van der Waals surface area contributed by atoms with E-state index in [-0.39, 0.29) is 11.4 Å². The number of nitrogens with zero attached hydrogens (tertiary/aromatic N) is 2. The van der Waals surface area contributed by atoms with Crippen molar-refractivity contribution in [2.24, 2.45) is 0 Å². The Hall–Kier alpha value is -2.05. The van der Waals surface area contributed by atoms with Crippen LogP contribution in [0, 0.1) is 0 Å². The van der Waals surface area contributed by atoms with E-state index < -0.39 is 23.5 Å². The molecule has 7 heteroatoms. The molecule has 0 unspecified atom stereocenters. The van der Waals surface area contributed by atoms with Crippen molar-refractivity contribution in [2.75, 3.05) is 0 Å². The summed E-state index contributed by atoms with van der Waals surface area (Å²) in [6.07, 6.45) is -2.83. The fourth-order valence-corrected chi connectivity index (χ4v) is 2.08. The van der Waals surface area contributed by atoms with Crippen molar-refractivity contribution in [1.82, 2.24) is 9.61 Å². The number of alkyl halides is 3. The second-order valence-electron chi connectivity index (χ2n) is 4.62. The van der Waals surface area contributed by atoms with Crippen molar-refractivity contribution in [3.63, 3.8) is 0 Å². The van der Waals surface area contributed by atoms with E-state index in [4.69, 9.17) is 5.11 Å². The van der Waals surface area contributed by atoms with E-state index in [9.17, 15) is 18.0 Å². The molecule has 1 aliphatic carbocycles. The van der Waals surface area contributed by atoms with Gasteiger partial charge in [0.15, 0.2) is 5.69 Å². The van der Waals surface area contributed by atoms with Gasteiger partial charge in [0.05, 0.1) is 5.52 Å². The van der Waals surface area contributed by atoms with E-state index in [1.807, 2.05) is 0 Å². The van der Waals surface area contributed by atoms with E-state index in [2.05, 4.69) is 5.10 Å². The molecule has 1 saturated carbocycles. The summed E-state index contributed by atoms with van der Waals surface area (Å²) < 4.78 is 39.6. The summed E-state index contributed by atoms with van der Waals surface area (Å²) in [6, 6.07) is 3.79. The molecule has 100 valence electrons. The molecule has 1 N–H and O–H groups in total. The summed E-state index contributed by atoms with van der Waals surface area (Å²) in [5.74, 6) is -1.20. The molecule has 0 aliphatic heterocycles. The minimum atomic E-state index is -4.56. The van der Waals surface area contributed by atoms with Crippen LogP contribution in [0.5, 0.6) is 0 Å². The Labute approximate surface area is 105 Å². The van der Waals surface area contributed by atoms with Gasteiger partial charge in [-0.25, -0.2) is 9.31 Å². The first-order valence-electron chi connectivity index (χ1n) is 5.70. The largest absolute Gasteiger partial charge is 0.476 e. The number of carbonyl (C=O) groups is 1. The molecular weight excluding hydrogens is 261 g/mol. The molecule has 0 atom stereocenters. The van der Waals surface area contributed by atoms with Crippen molar-refractivity contribution in [3.8, 4) is 0 Å². The minimum Gasteiger partial charge on any atom is -0.476 e. The highest BCUT2D eigenvalue weighted by Gasteiger charge is 2.36. The second-order valence-corrected chi connectivity index (χ2v) is 4.62. The minimum absolute atomic E-state index is 0.147. The number of aromatic nitrogens is 2. The van der Waals surface area contributed by atoms with Crippen LogP contribution < -0.4 is 0 Å². The molecule has 2 aromatic heterocycles. The molecule has 0 amide bonds. The van der Waals surface area contributed by atoms with Crippen molar-refractivity contribution < 1.29 is 23.1 Å². The van der Waals surface area contributed by atoms with E-state index in [0.717, 1.165) is 25.0 Å². The maximum Gasteiger partial charge on any atom is 0.433 e. The molecule has 0 saturated heterocycles. The molecule has 1 fully saturated rings. The van der Waals surface area contributed by atoms with Gasteiger partial charge in [-0.15, -0.1) is 0 Å². The zero-order valence-electron chi connectivity index (χ0n) is 9.61. The van der Waals surface area contributed by atoms with Gasteiger partial charge in [-0.05, 0) is 42.5 Å². The average molecular weight is 270 g/mol. The Morgan fingerprint density at radius 1 is 1.32 bits per heavy atom. The Bertz CT molecular complexity index is 671. The summed E-state index contributed by atoms with van der Waals surface area (Å²) in [6.45, 7) is 0. The highest BCUT2D eigenvalue weighted by Crippen LogP contribution is 2.42. The molecule has 2 aromatic rings.